The van der Waals surface area contributed by atoms with Gasteiger partial charge in [-0.1, -0.05) is 342 Å². The summed E-state index contributed by atoms with van der Waals surface area (Å²) in [6, 6.07) is 0. The van der Waals surface area contributed by atoms with E-state index in [0.29, 0.717) is 19.3 Å². The summed E-state index contributed by atoms with van der Waals surface area (Å²) in [6.45, 7) is 6.68. The molecule has 0 radical (unpaired) electrons. The summed E-state index contributed by atoms with van der Waals surface area (Å²) >= 11 is 0. The number of esters is 3. The van der Waals surface area contributed by atoms with E-state index in [2.05, 4.69) is 20.8 Å². The molecule has 0 rings (SSSR count). The van der Waals surface area contributed by atoms with E-state index in [4.69, 9.17) is 14.2 Å². The number of carbonyl (C=O) groups excluding carboxylic acids is 3. The molecule has 0 N–H and O–H groups in total. The Morgan fingerprint density at radius 1 is 0.225 bits per heavy atom. The lowest BCUT2D eigenvalue weighted by Gasteiger charge is -2.18. The number of hydrogen-bond acceptors (Lipinski definition) is 6. The Labute approximate surface area is 444 Å². The molecule has 0 bridgehead atoms. The molecule has 0 saturated heterocycles. The van der Waals surface area contributed by atoms with Gasteiger partial charge in [-0.15, -0.1) is 0 Å². The van der Waals surface area contributed by atoms with Crippen LogP contribution in [0.25, 0.3) is 0 Å². The number of carbonyl (C=O) groups is 3. The van der Waals surface area contributed by atoms with E-state index in [1.807, 2.05) is 0 Å². The maximum absolute atomic E-state index is 12.8. The third-order valence-corrected chi connectivity index (χ3v) is 15.1. The van der Waals surface area contributed by atoms with Crippen LogP contribution in [0, 0.1) is 0 Å². The van der Waals surface area contributed by atoms with Gasteiger partial charge in [-0.2, -0.15) is 0 Å². The molecule has 0 aromatic rings. The van der Waals surface area contributed by atoms with Crippen LogP contribution in [0.4, 0.5) is 0 Å². The monoisotopic (exact) mass is 1000 g/mol. The van der Waals surface area contributed by atoms with Crippen LogP contribution in [0.2, 0.25) is 0 Å². The smallest absolute Gasteiger partial charge is 0.306 e. The maximum atomic E-state index is 12.8. The van der Waals surface area contributed by atoms with Crippen molar-refractivity contribution in [3.63, 3.8) is 0 Å². The highest BCUT2D eigenvalue weighted by molar-refractivity contribution is 5.71. The van der Waals surface area contributed by atoms with Gasteiger partial charge in [-0.3, -0.25) is 14.4 Å². The maximum Gasteiger partial charge on any atom is 0.306 e. The topological polar surface area (TPSA) is 78.9 Å². The second-order valence-electron chi connectivity index (χ2n) is 22.4. The lowest BCUT2D eigenvalue weighted by molar-refractivity contribution is -0.167. The van der Waals surface area contributed by atoms with Crippen molar-refractivity contribution >= 4 is 17.9 Å². The van der Waals surface area contributed by atoms with E-state index in [1.54, 1.807) is 0 Å². The first-order valence-corrected chi connectivity index (χ1v) is 32.5. The Morgan fingerprint density at radius 2 is 0.380 bits per heavy atom. The highest BCUT2D eigenvalue weighted by Gasteiger charge is 2.19. The summed E-state index contributed by atoms with van der Waals surface area (Å²) in [5.74, 6) is -0.838. The summed E-state index contributed by atoms with van der Waals surface area (Å²) < 4.78 is 16.9. The van der Waals surface area contributed by atoms with Crippen molar-refractivity contribution in [3.8, 4) is 0 Å². The zero-order valence-electron chi connectivity index (χ0n) is 48.5. The molecule has 0 aromatic heterocycles. The van der Waals surface area contributed by atoms with Gasteiger partial charge >= 0.3 is 17.9 Å². The Bertz CT molecular complexity index is 1060. The molecule has 0 saturated carbocycles. The SMILES string of the molecule is CCCCCCCCCCCCCCCCCCCCCCCCCCCCCCC(=O)OCC(COC(=O)CCCCCCCCC)OC(=O)CCCCCCCCCCCCCCCCCCCC. The van der Waals surface area contributed by atoms with Crippen molar-refractivity contribution in [2.75, 3.05) is 13.2 Å². The zero-order valence-corrected chi connectivity index (χ0v) is 48.5. The first kappa shape index (κ1) is 69.4. The molecule has 6 nitrogen and oxygen atoms in total. The average molecular weight is 1000 g/mol. The lowest BCUT2D eigenvalue weighted by Crippen LogP contribution is -2.30. The summed E-state index contributed by atoms with van der Waals surface area (Å²) in [6.07, 6.45) is 70.1. The highest BCUT2D eigenvalue weighted by Crippen LogP contribution is 2.19. The highest BCUT2D eigenvalue weighted by atomic mass is 16.6. The number of unbranched alkanes of at least 4 members (excludes halogenated alkanes) is 50. The fourth-order valence-electron chi connectivity index (χ4n) is 10.2. The van der Waals surface area contributed by atoms with Gasteiger partial charge in [0.15, 0.2) is 6.10 Å². The van der Waals surface area contributed by atoms with Gasteiger partial charge in [0.05, 0.1) is 0 Å². The minimum absolute atomic E-state index is 0.0616. The Hall–Kier alpha value is -1.59. The van der Waals surface area contributed by atoms with Crippen LogP contribution in [0.3, 0.4) is 0 Å². The molecule has 0 fully saturated rings. The fraction of sp³-hybridized carbons (Fsp3) is 0.954. The zero-order chi connectivity index (χ0) is 51.4. The van der Waals surface area contributed by atoms with Gasteiger partial charge in [0.1, 0.15) is 13.2 Å². The summed E-state index contributed by atoms with van der Waals surface area (Å²) in [4.78, 5) is 38.0. The van der Waals surface area contributed by atoms with Crippen molar-refractivity contribution in [1.29, 1.82) is 0 Å². The number of ether oxygens (including phenoxy) is 3. The van der Waals surface area contributed by atoms with Gasteiger partial charge in [-0.05, 0) is 19.3 Å². The quantitative estimate of drug-likeness (QED) is 0.0343. The van der Waals surface area contributed by atoms with Crippen molar-refractivity contribution < 1.29 is 28.6 Å². The fourth-order valence-corrected chi connectivity index (χ4v) is 10.2. The molecule has 0 spiro atoms. The molecule has 71 heavy (non-hydrogen) atoms. The third-order valence-electron chi connectivity index (χ3n) is 15.1. The summed E-state index contributed by atoms with van der Waals surface area (Å²) in [5.41, 5.74) is 0. The van der Waals surface area contributed by atoms with Crippen molar-refractivity contribution in [2.24, 2.45) is 0 Å². The largest absolute Gasteiger partial charge is 0.462 e. The molecule has 0 aliphatic rings. The summed E-state index contributed by atoms with van der Waals surface area (Å²) in [7, 11) is 0. The standard InChI is InChI=1S/C65H126O6/c1-4-7-10-13-16-18-20-22-24-26-28-29-30-31-32-33-34-35-36-37-39-40-42-44-46-49-52-55-58-64(67)70-61-62(60-69-63(66)57-54-51-48-15-12-9-6-3)71-65(68)59-56-53-50-47-45-43-41-38-27-25-23-21-19-17-14-11-8-5-2/h62H,4-61H2,1-3H3. The third kappa shape index (κ3) is 59.2. The van der Waals surface area contributed by atoms with Gasteiger partial charge in [0, 0.05) is 19.3 Å². The Morgan fingerprint density at radius 3 is 0.563 bits per heavy atom. The van der Waals surface area contributed by atoms with Gasteiger partial charge in [-0.25, -0.2) is 0 Å². The molecule has 0 aliphatic heterocycles. The lowest BCUT2D eigenvalue weighted by atomic mass is 10.0. The van der Waals surface area contributed by atoms with Crippen LogP contribution in [0.5, 0.6) is 0 Å². The minimum atomic E-state index is -0.761. The second kappa shape index (κ2) is 61.0. The molecular formula is C65H126O6. The molecule has 1 unspecified atom stereocenters. The van der Waals surface area contributed by atoms with Crippen LogP contribution in [-0.2, 0) is 28.6 Å². The normalized spacial score (nSPS) is 11.9. The first-order valence-electron chi connectivity index (χ1n) is 32.5. The average Bonchev–Trinajstić information content (AvgIpc) is 3.37. The number of rotatable bonds is 61. The van der Waals surface area contributed by atoms with Crippen LogP contribution in [0.1, 0.15) is 380 Å². The Balaban J connectivity index is 4.00. The minimum Gasteiger partial charge on any atom is -0.462 e. The van der Waals surface area contributed by atoms with E-state index >= 15 is 0 Å². The van der Waals surface area contributed by atoms with Crippen molar-refractivity contribution in [3.05, 3.63) is 0 Å². The first-order chi connectivity index (χ1) is 35.0. The van der Waals surface area contributed by atoms with E-state index in [1.165, 1.54) is 283 Å². The van der Waals surface area contributed by atoms with E-state index in [-0.39, 0.29) is 31.1 Å². The molecule has 422 valence electrons. The number of hydrogen-bond donors (Lipinski definition) is 0. The molecule has 0 aliphatic carbocycles. The van der Waals surface area contributed by atoms with Crippen LogP contribution in [0.15, 0.2) is 0 Å². The van der Waals surface area contributed by atoms with Gasteiger partial charge < -0.3 is 14.2 Å². The summed E-state index contributed by atoms with van der Waals surface area (Å²) in [5, 5.41) is 0. The van der Waals surface area contributed by atoms with Gasteiger partial charge in [0.25, 0.3) is 0 Å². The van der Waals surface area contributed by atoms with Gasteiger partial charge in [0.2, 0.25) is 0 Å². The molecule has 0 amide bonds. The van der Waals surface area contributed by atoms with Crippen LogP contribution in [-0.4, -0.2) is 37.2 Å². The molecule has 1 atom stereocenters. The predicted molar refractivity (Wildman–Crippen MR) is 307 cm³/mol. The van der Waals surface area contributed by atoms with Crippen molar-refractivity contribution in [1.82, 2.24) is 0 Å². The molecule has 0 aromatic carbocycles. The molecular weight excluding hydrogens is 877 g/mol. The van der Waals surface area contributed by atoms with Crippen molar-refractivity contribution in [2.45, 2.75) is 386 Å². The van der Waals surface area contributed by atoms with E-state index in [0.717, 1.165) is 57.8 Å². The van der Waals surface area contributed by atoms with E-state index in [9.17, 15) is 14.4 Å². The Kier molecular flexibility index (Phi) is 59.6. The van der Waals surface area contributed by atoms with Crippen LogP contribution < -0.4 is 0 Å². The van der Waals surface area contributed by atoms with Crippen LogP contribution >= 0.6 is 0 Å². The predicted octanol–water partition coefficient (Wildman–Crippen LogP) is 21.9. The van der Waals surface area contributed by atoms with E-state index < -0.39 is 6.10 Å². The molecule has 0 heterocycles. The molecule has 6 heteroatoms. The second-order valence-corrected chi connectivity index (χ2v) is 22.4.